The molecule has 0 amide bonds. The van der Waals surface area contributed by atoms with E-state index in [2.05, 4.69) is 41.8 Å². The van der Waals surface area contributed by atoms with Gasteiger partial charge >= 0.3 is 0 Å². The highest BCUT2D eigenvalue weighted by Crippen LogP contribution is 2.22. The summed E-state index contributed by atoms with van der Waals surface area (Å²) in [6.45, 7) is 4.88. The molecule has 22 heavy (non-hydrogen) atoms. The number of anilines is 1. The molecule has 0 bridgehead atoms. The van der Waals surface area contributed by atoms with Crippen molar-refractivity contribution in [1.82, 2.24) is 5.32 Å². The van der Waals surface area contributed by atoms with Crippen LogP contribution in [0.25, 0.3) is 0 Å². The molecule has 0 radical (unpaired) electrons. The first-order valence-corrected chi connectivity index (χ1v) is 8.83. The lowest BCUT2D eigenvalue weighted by Crippen LogP contribution is -2.30. The summed E-state index contributed by atoms with van der Waals surface area (Å²) in [5.41, 5.74) is 3.23. The molecule has 0 spiro atoms. The van der Waals surface area contributed by atoms with E-state index in [-0.39, 0.29) is 0 Å². The van der Waals surface area contributed by atoms with Gasteiger partial charge in [0.05, 0.1) is 0 Å². The normalized spacial score (nSPS) is 10.3. The summed E-state index contributed by atoms with van der Waals surface area (Å²) in [6.07, 6.45) is 0. The Hall–Kier alpha value is -1.23. The Balaban J connectivity index is 1.74. The van der Waals surface area contributed by atoms with Crippen LogP contribution in [0.15, 0.2) is 47.4 Å². The molecule has 0 aliphatic rings. The third kappa shape index (κ3) is 5.20. The molecule has 2 aromatic rings. The van der Waals surface area contributed by atoms with Gasteiger partial charge in [0.2, 0.25) is 0 Å². The summed E-state index contributed by atoms with van der Waals surface area (Å²) in [4.78, 5) is 1.27. The van der Waals surface area contributed by atoms with Crippen LogP contribution >= 0.6 is 35.6 Å². The zero-order valence-corrected chi connectivity index (χ0v) is 15.0. The molecule has 0 aromatic heterocycles. The number of thioether (sulfide) groups is 1. The minimum atomic E-state index is 0.620. The highest BCUT2D eigenvalue weighted by Gasteiger charge is 2.03. The maximum atomic E-state index is 6.10. The van der Waals surface area contributed by atoms with Crippen LogP contribution in [0.3, 0.4) is 0 Å². The minimum Gasteiger partial charge on any atom is -0.362 e. The molecule has 2 nitrogen and oxygen atoms in total. The van der Waals surface area contributed by atoms with Crippen molar-refractivity contribution in [3.8, 4) is 0 Å². The zero-order chi connectivity index (χ0) is 15.9. The standard InChI is InChI=1S/C17H19ClN2S2/c1-12-6-8-14(9-7-12)22-11-10-19-17(21)20-16-5-3-4-15(18)13(16)2/h3-9H,10-11H2,1-2H3,(H2,19,20,21). The van der Waals surface area contributed by atoms with Gasteiger partial charge in [-0.3, -0.25) is 0 Å². The Labute approximate surface area is 146 Å². The van der Waals surface area contributed by atoms with Crippen molar-refractivity contribution in [1.29, 1.82) is 0 Å². The van der Waals surface area contributed by atoms with Gasteiger partial charge in [0.25, 0.3) is 0 Å². The second kappa shape index (κ2) is 8.42. The van der Waals surface area contributed by atoms with Gasteiger partial charge in [-0.15, -0.1) is 11.8 Å². The lowest BCUT2D eigenvalue weighted by Gasteiger charge is -2.13. The molecule has 0 saturated carbocycles. The van der Waals surface area contributed by atoms with E-state index in [1.165, 1.54) is 10.5 Å². The SMILES string of the molecule is Cc1ccc(SCCNC(=S)Nc2cccc(Cl)c2C)cc1. The Kier molecular flexibility index (Phi) is 6.55. The summed E-state index contributed by atoms with van der Waals surface area (Å²) < 4.78 is 0. The monoisotopic (exact) mass is 350 g/mol. The van der Waals surface area contributed by atoms with E-state index in [0.29, 0.717) is 5.11 Å². The number of thiocarbonyl (C=S) groups is 1. The number of benzene rings is 2. The fourth-order valence-electron chi connectivity index (χ4n) is 1.88. The van der Waals surface area contributed by atoms with E-state index in [9.17, 15) is 0 Å². The maximum absolute atomic E-state index is 6.10. The smallest absolute Gasteiger partial charge is 0.170 e. The van der Waals surface area contributed by atoms with Crippen LogP contribution in [-0.2, 0) is 0 Å². The fourth-order valence-corrected chi connectivity index (χ4v) is 3.03. The second-order valence-electron chi connectivity index (χ2n) is 4.95. The lowest BCUT2D eigenvalue weighted by molar-refractivity contribution is 0.989. The number of nitrogens with one attached hydrogen (secondary N) is 2. The summed E-state index contributed by atoms with van der Waals surface area (Å²) in [7, 11) is 0. The average molecular weight is 351 g/mol. The molecule has 116 valence electrons. The van der Waals surface area contributed by atoms with Crippen molar-refractivity contribution in [3.05, 3.63) is 58.6 Å². The van der Waals surface area contributed by atoms with Gasteiger partial charge < -0.3 is 10.6 Å². The van der Waals surface area contributed by atoms with Crippen LogP contribution in [0.2, 0.25) is 5.02 Å². The molecule has 0 aliphatic carbocycles. The highest BCUT2D eigenvalue weighted by atomic mass is 35.5. The van der Waals surface area contributed by atoms with Gasteiger partial charge in [-0.1, -0.05) is 35.4 Å². The topological polar surface area (TPSA) is 24.1 Å². The third-order valence-corrected chi connectivity index (χ3v) is 4.86. The molecular formula is C17H19ClN2S2. The molecule has 0 atom stereocenters. The summed E-state index contributed by atoms with van der Waals surface area (Å²) in [6, 6.07) is 14.3. The van der Waals surface area contributed by atoms with Crippen LogP contribution < -0.4 is 10.6 Å². The molecule has 2 aromatic carbocycles. The Morgan fingerprint density at radius 2 is 1.86 bits per heavy atom. The number of rotatable bonds is 5. The van der Waals surface area contributed by atoms with Crippen LogP contribution in [0.4, 0.5) is 5.69 Å². The van der Waals surface area contributed by atoms with E-state index in [4.69, 9.17) is 23.8 Å². The predicted molar refractivity (Wildman–Crippen MR) is 102 cm³/mol. The Morgan fingerprint density at radius 1 is 1.14 bits per heavy atom. The van der Waals surface area contributed by atoms with Gasteiger partial charge in [-0.2, -0.15) is 0 Å². The largest absolute Gasteiger partial charge is 0.362 e. The number of aryl methyl sites for hydroxylation is 1. The van der Waals surface area contributed by atoms with Crippen LogP contribution in [0.5, 0.6) is 0 Å². The molecule has 0 heterocycles. The Bertz CT molecular complexity index is 642. The van der Waals surface area contributed by atoms with E-state index < -0.39 is 0 Å². The van der Waals surface area contributed by atoms with Crippen molar-refractivity contribution in [2.75, 3.05) is 17.6 Å². The summed E-state index contributed by atoms with van der Waals surface area (Å²) in [5.74, 6) is 0.958. The summed E-state index contributed by atoms with van der Waals surface area (Å²) in [5, 5.41) is 7.76. The van der Waals surface area contributed by atoms with E-state index in [1.807, 2.05) is 36.9 Å². The van der Waals surface area contributed by atoms with Crippen molar-refractivity contribution in [2.24, 2.45) is 0 Å². The van der Waals surface area contributed by atoms with Gasteiger partial charge in [0, 0.05) is 27.9 Å². The molecule has 0 fully saturated rings. The van der Waals surface area contributed by atoms with Gasteiger partial charge in [0.15, 0.2) is 5.11 Å². The lowest BCUT2D eigenvalue weighted by atomic mass is 10.2. The first-order chi connectivity index (χ1) is 10.6. The highest BCUT2D eigenvalue weighted by molar-refractivity contribution is 7.99. The first kappa shape index (κ1) is 17.1. The predicted octanol–water partition coefficient (Wildman–Crippen LogP) is 5.04. The molecule has 0 saturated heterocycles. The van der Waals surface area contributed by atoms with Gasteiger partial charge in [-0.05, 0) is 55.9 Å². The van der Waals surface area contributed by atoms with Gasteiger partial charge in [-0.25, -0.2) is 0 Å². The molecule has 0 aliphatic heterocycles. The van der Waals surface area contributed by atoms with E-state index in [0.717, 1.165) is 28.6 Å². The molecular weight excluding hydrogens is 332 g/mol. The number of hydrogen-bond donors (Lipinski definition) is 2. The molecule has 2 N–H and O–H groups in total. The van der Waals surface area contributed by atoms with Crippen LogP contribution in [0, 0.1) is 13.8 Å². The molecule has 5 heteroatoms. The Morgan fingerprint density at radius 3 is 2.59 bits per heavy atom. The average Bonchev–Trinajstić information content (AvgIpc) is 2.50. The third-order valence-electron chi connectivity index (χ3n) is 3.19. The number of halogens is 1. The van der Waals surface area contributed by atoms with Crippen molar-refractivity contribution in [2.45, 2.75) is 18.7 Å². The van der Waals surface area contributed by atoms with Crippen LogP contribution in [-0.4, -0.2) is 17.4 Å². The fraction of sp³-hybridized carbons (Fsp3) is 0.235. The maximum Gasteiger partial charge on any atom is 0.170 e. The van der Waals surface area contributed by atoms with Crippen molar-refractivity contribution < 1.29 is 0 Å². The van der Waals surface area contributed by atoms with Crippen LogP contribution in [0.1, 0.15) is 11.1 Å². The second-order valence-corrected chi connectivity index (χ2v) is 6.94. The van der Waals surface area contributed by atoms with E-state index >= 15 is 0 Å². The molecule has 0 unspecified atom stereocenters. The number of hydrogen-bond acceptors (Lipinski definition) is 2. The minimum absolute atomic E-state index is 0.620. The summed E-state index contributed by atoms with van der Waals surface area (Å²) >= 11 is 13.2. The zero-order valence-electron chi connectivity index (χ0n) is 12.7. The quantitative estimate of drug-likeness (QED) is 0.448. The van der Waals surface area contributed by atoms with E-state index in [1.54, 1.807) is 0 Å². The molecule has 2 rings (SSSR count). The van der Waals surface area contributed by atoms with Gasteiger partial charge in [0.1, 0.15) is 0 Å². The van der Waals surface area contributed by atoms with Crippen molar-refractivity contribution in [3.63, 3.8) is 0 Å². The van der Waals surface area contributed by atoms with Crippen molar-refractivity contribution >= 4 is 46.4 Å². The first-order valence-electron chi connectivity index (χ1n) is 7.05.